The van der Waals surface area contributed by atoms with Crippen LogP contribution in [0.25, 0.3) is 0 Å². The number of pyridine rings is 1. The zero-order valence-electron chi connectivity index (χ0n) is 19.5. The Morgan fingerprint density at radius 1 is 0.969 bits per heavy atom. The molecule has 1 unspecified atom stereocenters. The van der Waals surface area contributed by atoms with Crippen molar-refractivity contribution in [1.82, 2.24) is 19.7 Å². The van der Waals surface area contributed by atoms with Crippen molar-refractivity contribution in [1.29, 1.82) is 0 Å². The number of carbonyl (C=O) groups is 2. The highest BCUT2D eigenvalue weighted by atomic mass is 16.2. The van der Waals surface area contributed by atoms with Gasteiger partial charge in [0.15, 0.2) is 0 Å². The zero-order chi connectivity index (χ0) is 22.7. The molecule has 6 heteroatoms. The molecule has 170 valence electrons. The van der Waals surface area contributed by atoms with E-state index in [9.17, 15) is 9.59 Å². The fraction of sp³-hybridized carbons (Fsp3) is 0.500. The number of hydrogen-bond acceptors (Lipinski definition) is 4. The summed E-state index contributed by atoms with van der Waals surface area (Å²) in [6.45, 7) is 10.6. The summed E-state index contributed by atoms with van der Waals surface area (Å²) >= 11 is 0. The summed E-state index contributed by atoms with van der Waals surface area (Å²) in [6.07, 6.45) is 3.71. The van der Waals surface area contributed by atoms with Gasteiger partial charge in [0.05, 0.1) is 12.6 Å². The maximum absolute atomic E-state index is 13.2. The molecule has 2 saturated heterocycles. The van der Waals surface area contributed by atoms with E-state index in [1.807, 2.05) is 17.0 Å². The molecule has 0 bridgehead atoms. The molecule has 0 aliphatic carbocycles. The Bertz CT molecular complexity index is 929. The maximum atomic E-state index is 13.2. The quantitative estimate of drug-likeness (QED) is 0.739. The van der Waals surface area contributed by atoms with Gasteiger partial charge in [-0.15, -0.1) is 0 Å². The SMILES string of the molecule is CC(C)(C)c1ccc(C2CCCN2C(=O)CN2CCN(C(=O)c3ccccn3)CC2)cc1. The number of rotatable bonds is 4. The molecule has 32 heavy (non-hydrogen) atoms. The summed E-state index contributed by atoms with van der Waals surface area (Å²) < 4.78 is 0. The normalized spacial score (nSPS) is 19.9. The standard InChI is InChI=1S/C26H34N4O2/c1-26(2,3)21-11-9-20(10-12-21)23-8-6-14-30(23)24(31)19-28-15-17-29(18-16-28)25(32)22-7-4-5-13-27-22/h4-5,7,9-13,23H,6,8,14-19H2,1-3H3. The highest BCUT2D eigenvalue weighted by Crippen LogP contribution is 2.33. The minimum absolute atomic E-state index is 0.0325. The molecule has 0 saturated carbocycles. The fourth-order valence-corrected chi connectivity index (χ4v) is 4.66. The monoisotopic (exact) mass is 434 g/mol. The van der Waals surface area contributed by atoms with E-state index in [-0.39, 0.29) is 23.3 Å². The molecular weight excluding hydrogens is 400 g/mol. The van der Waals surface area contributed by atoms with Gasteiger partial charge in [-0.25, -0.2) is 0 Å². The Labute approximate surface area is 191 Å². The van der Waals surface area contributed by atoms with Gasteiger partial charge < -0.3 is 9.80 Å². The van der Waals surface area contributed by atoms with E-state index in [0.29, 0.717) is 38.4 Å². The van der Waals surface area contributed by atoms with Crippen molar-refractivity contribution in [2.24, 2.45) is 0 Å². The number of carbonyl (C=O) groups excluding carboxylic acids is 2. The minimum atomic E-state index is -0.0325. The maximum Gasteiger partial charge on any atom is 0.272 e. The summed E-state index contributed by atoms with van der Waals surface area (Å²) in [5.41, 5.74) is 3.16. The molecule has 1 atom stereocenters. The van der Waals surface area contributed by atoms with Crippen molar-refractivity contribution in [3.05, 3.63) is 65.5 Å². The molecule has 3 heterocycles. The number of hydrogen-bond donors (Lipinski definition) is 0. The molecule has 2 aromatic rings. The summed E-state index contributed by atoms with van der Waals surface area (Å²) in [7, 11) is 0. The number of nitrogens with zero attached hydrogens (tertiary/aromatic N) is 4. The van der Waals surface area contributed by atoms with Gasteiger partial charge in [0, 0.05) is 38.9 Å². The van der Waals surface area contributed by atoms with Crippen molar-refractivity contribution in [3.63, 3.8) is 0 Å². The van der Waals surface area contributed by atoms with E-state index >= 15 is 0 Å². The first-order valence-corrected chi connectivity index (χ1v) is 11.7. The fourth-order valence-electron chi connectivity index (χ4n) is 4.66. The molecule has 4 rings (SSSR count). The van der Waals surface area contributed by atoms with E-state index in [1.54, 1.807) is 12.3 Å². The summed E-state index contributed by atoms with van der Waals surface area (Å²) in [5.74, 6) is 0.159. The molecule has 6 nitrogen and oxygen atoms in total. The van der Waals surface area contributed by atoms with E-state index < -0.39 is 0 Å². The van der Waals surface area contributed by atoms with Crippen LogP contribution in [-0.4, -0.2) is 70.8 Å². The Balaban J connectivity index is 1.32. The molecule has 2 fully saturated rings. The highest BCUT2D eigenvalue weighted by molar-refractivity contribution is 5.92. The first kappa shape index (κ1) is 22.5. The van der Waals surface area contributed by atoms with Crippen LogP contribution in [0.4, 0.5) is 0 Å². The molecule has 2 aliphatic heterocycles. The zero-order valence-corrected chi connectivity index (χ0v) is 19.5. The topological polar surface area (TPSA) is 56.8 Å². The van der Waals surface area contributed by atoms with Crippen molar-refractivity contribution in [2.45, 2.75) is 45.1 Å². The lowest BCUT2D eigenvalue weighted by molar-refractivity contribution is -0.133. The molecule has 0 radical (unpaired) electrons. The predicted molar refractivity (Wildman–Crippen MR) is 125 cm³/mol. The van der Waals surface area contributed by atoms with Crippen LogP contribution in [0, 0.1) is 0 Å². The summed E-state index contributed by atoms with van der Waals surface area (Å²) in [5, 5.41) is 0. The Morgan fingerprint density at radius 2 is 1.69 bits per heavy atom. The van der Waals surface area contributed by atoms with Gasteiger partial charge in [-0.2, -0.15) is 0 Å². The summed E-state index contributed by atoms with van der Waals surface area (Å²) in [6, 6.07) is 14.4. The van der Waals surface area contributed by atoms with Gasteiger partial charge in [-0.05, 0) is 41.5 Å². The van der Waals surface area contributed by atoms with Gasteiger partial charge in [-0.1, -0.05) is 51.1 Å². The Kier molecular flexibility index (Phi) is 6.60. The third-order valence-corrected chi connectivity index (χ3v) is 6.64. The molecule has 2 aliphatic rings. The largest absolute Gasteiger partial charge is 0.335 e. The van der Waals surface area contributed by atoms with Crippen molar-refractivity contribution < 1.29 is 9.59 Å². The van der Waals surface area contributed by atoms with Crippen molar-refractivity contribution >= 4 is 11.8 Å². The lowest BCUT2D eigenvalue weighted by atomic mass is 9.86. The number of piperazine rings is 1. The van der Waals surface area contributed by atoms with Gasteiger partial charge in [0.1, 0.15) is 5.69 Å². The van der Waals surface area contributed by atoms with Crippen LogP contribution < -0.4 is 0 Å². The molecule has 1 aromatic carbocycles. The van der Waals surface area contributed by atoms with Crippen molar-refractivity contribution in [3.8, 4) is 0 Å². The molecule has 2 amide bonds. The number of aromatic nitrogens is 1. The number of benzene rings is 1. The number of likely N-dealkylation sites (tertiary alicyclic amines) is 1. The van der Waals surface area contributed by atoms with Crippen molar-refractivity contribution in [2.75, 3.05) is 39.3 Å². The molecule has 1 aromatic heterocycles. The highest BCUT2D eigenvalue weighted by Gasteiger charge is 2.32. The Hall–Kier alpha value is -2.73. The minimum Gasteiger partial charge on any atom is -0.335 e. The second kappa shape index (κ2) is 9.41. The molecular formula is C26H34N4O2. The van der Waals surface area contributed by atoms with E-state index in [1.165, 1.54) is 11.1 Å². The van der Waals surface area contributed by atoms with Crippen LogP contribution in [0.2, 0.25) is 0 Å². The van der Waals surface area contributed by atoms with Crippen LogP contribution >= 0.6 is 0 Å². The first-order valence-electron chi connectivity index (χ1n) is 11.7. The van der Waals surface area contributed by atoms with Gasteiger partial charge in [0.25, 0.3) is 5.91 Å². The van der Waals surface area contributed by atoms with Crippen LogP contribution in [0.5, 0.6) is 0 Å². The number of amides is 2. The van der Waals surface area contributed by atoms with Gasteiger partial charge >= 0.3 is 0 Å². The molecule has 0 N–H and O–H groups in total. The van der Waals surface area contributed by atoms with Crippen LogP contribution in [0.1, 0.15) is 61.3 Å². The van der Waals surface area contributed by atoms with E-state index in [4.69, 9.17) is 0 Å². The lowest BCUT2D eigenvalue weighted by Gasteiger charge is -2.35. The predicted octanol–water partition coefficient (Wildman–Crippen LogP) is 3.50. The molecule has 0 spiro atoms. The van der Waals surface area contributed by atoms with Crippen LogP contribution in [-0.2, 0) is 10.2 Å². The third kappa shape index (κ3) is 5.01. The first-order chi connectivity index (χ1) is 15.3. The smallest absolute Gasteiger partial charge is 0.272 e. The lowest BCUT2D eigenvalue weighted by Crippen LogP contribution is -2.51. The van der Waals surface area contributed by atoms with E-state index in [2.05, 4.69) is 59.8 Å². The second-order valence-corrected chi connectivity index (χ2v) is 9.90. The average molecular weight is 435 g/mol. The van der Waals surface area contributed by atoms with Gasteiger partial charge in [0.2, 0.25) is 5.91 Å². The average Bonchev–Trinajstić information content (AvgIpc) is 3.29. The second-order valence-electron chi connectivity index (χ2n) is 9.90. The third-order valence-electron chi connectivity index (χ3n) is 6.64. The van der Waals surface area contributed by atoms with Crippen LogP contribution in [0.3, 0.4) is 0 Å². The van der Waals surface area contributed by atoms with E-state index in [0.717, 1.165) is 19.4 Å². The van der Waals surface area contributed by atoms with Crippen LogP contribution in [0.15, 0.2) is 48.7 Å². The van der Waals surface area contributed by atoms with Gasteiger partial charge in [-0.3, -0.25) is 19.5 Å². The summed E-state index contributed by atoms with van der Waals surface area (Å²) in [4.78, 5) is 36.0. The Morgan fingerprint density at radius 3 is 2.31 bits per heavy atom.